The summed E-state index contributed by atoms with van der Waals surface area (Å²) in [6.45, 7) is 4.07. The zero-order valence-corrected chi connectivity index (χ0v) is 10.6. The van der Waals surface area contributed by atoms with Gasteiger partial charge in [0.05, 0.1) is 0 Å². The monoisotopic (exact) mass is 240 g/mol. The minimum Gasteiger partial charge on any atom is -0.508 e. The van der Waals surface area contributed by atoms with E-state index in [4.69, 9.17) is 0 Å². The van der Waals surface area contributed by atoms with E-state index in [1.165, 1.54) is 0 Å². The molecule has 2 heteroatoms. The Bertz CT molecular complexity index is 557. The Hall–Kier alpha value is -2.09. The smallest absolute Gasteiger partial charge is 0.150 e. The van der Waals surface area contributed by atoms with Crippen LogP contribution in [0.2, 0.25) is 0 Å². The lowest BCUT2D eigenvalue weighted by atomic mass is 9.77. The summed E-state index contributed by atoms with van der Waals surface area (Å²) in [5.41, 5.74) is 2.10. The molecule has 0 heterocycles. The first-order chi connectivity index (χ1) is 8.55. The molecule has 92 valence electrons. The van der Waals surface area contributed by atoms with Gasteiger partial charge in [0.15, 0.2) is 0 Å². The van der Waals surface area contributed by atoms with Crippen molar-refractivity contribution >= 4 is 6.29 Å². The quantitative estimate of drug-likeness (QED) is 0.833. The van der Waals surface area contributed by atoms with Gasteiger partial charge in [-0.1, -0.05) is 44.2 Å². The molecule has 0 aliphatic carbocycles. The van der Waals surface area contributed by atoms with Gasteiger partial charge in [0, 0.05) is 16.5 Å². The van der Waals surface area contributed by atoms with Crippen LogP contribution in [0.5, 0.6) is 5.75 Å². The Balaban J connectivity index is 2.56. The fourth-order valence-electron chi connectivity index (χ4n) is 2.14. The van der Waals surface area contributed by atoms with E-state index in [0.717, 1.165) is 17.4 Å². The third-order valence-corrected chi connectivity index (χ3v) is 3.33. The molecule has 18 heavy (non-hydrogen) atoms. The summed E-state index contributed by atoms with van der Waals surface area (Å²) in [5, 5.41) is 10.0. The molecule has 0 atom stereocenters. The predicted octanol–water partition coefficient (Wildman–Crippen LogP) is 3.53. The minimum atomic E-state index is -0.343. The van der Waals surface area contributed by atoms with Crippen LogP contribution in [-0.4, -0.2) is 11.4 Å². The molecule has 2 aromatic rings. The van der Waals surface area contributed by atoms with E-state index in [1.807, 2.05) is 44.2 Å². The van der Waals surface area contributed by atoms with E-state index >= 15 is 0 Å². The maximum atomic E-state index is 10.9. The van der Waals surface area contributed by atoms with Crippen LogP contribution < -0.4 is 0 Å². The molecule has 0 amide bonds. The van der Waals surface area contributed by atoms with Crippen LogP contribution in [0.25, 0.3) is 0 Å². The molecule has 0 aliphatic heterocycles. The molecular weight excluding hydrogens is 224 g/mol. The molecule has 0 bridgehead atoms. The summed E-state index contributed by atoms with van der Waals surface area (Å²) in [6.07, 6.45) is 0.796. The number of hydrogen-bond acceptors (Lipinski definition) is 2. The molecule has 0 spiro atoms. The van der Waals surface area contributed by atoms with E-state index in [-0.39, 0.29) is 11.2 Å². The van der Waals surface area contributed by atoms with Gasteiger partial charge in [-0.25, -0.2) is 0 Å². The van der Waals surface area contributed by atoms with Gasteiger partial charge in [0.2, 0.25) is 0 Å². The van der Waals surface area contributed by atoms with Gasteiger partial charge in [0.1, 0.15) is 12.0 Å². The molecule has 1 N–H and O–H groups in total. The van der Waals surface area contributed by atoms with Gasteiger partial charge < -0.3 is 5.11 Å². The Labute approximate surface area is 107 Å². The fraction of sp³-hybridized carbons (Fsp3) is 0.188. The van der Waals surface area contributed by atoms with Gasteiger partial charge in [-0.3, -0.25) is 4.79 Å². The van der Waals surface area contributed by atoms with Gasteiger partial charge in [-0.05, 0) is 23.8 Å². The third-order valence-electron chi connectivity index (χ3n) is 3.33. The van der Waals surface area contributed by atoms with Crippen LogP contribution in [0.4, 0.5) is 0 Å². The molecule has 0 fully saturated rings. The second-order valence-corrected chi connectivity index (χ2v) is 4.89. The van der Waals surface area contributed by atoms with E-state index < -0.39 is 0 Å². The summed E-state index contributed by atoms with van der Waals surface area (Å²) in [5.74, 6) is 0.217. The average Bonchev–Trinajstić information content (AvgIpc) is 2.40. The van der Waals surface area contributed by atoms with E-state index in [0.29, 0.717) is 5.56 Å². The van der Waals surface area contributed by atoms with Crippen LogP contribution in [0.15, 0.2) is 48.5 Å². The number of phenols is 1. The normalized spacial score (nSPS) is 11.2. The molecular formula is C16H16O2. The summed E-state index contributed by atoms with van der Waals surface area (Å²) in [4.78, 5) is 10.9. The van der Waals surface area contributed by atoms with Crippen molar-refractivity contribution in [3.63, 3.8) is 0 Å². The van der Waals surface area contributed by atoms with Crippen molar-refractivity contribution in [2.24, 2.45) is 0 Å². The van der Waals surface area contributed by atoms with Crippen LogP contribution >= 0.6 is 0 Å². The van der Waals surface area contributed by atoms with Crippen molar-refractivity contribution in [3.05, 3.63) is 65.2 Å². The van der Waals surface area contributed by atoms with Crippen molar-refractivity contribution in [2.45, 2.75) is 19.3 Å². The van der Waals surface area contributed by atoms with Crippen LogP contribution in [-0.2, 0) is 5.41 Å². The molecule has 0 aromatic heterocycles. The molecule has 0 saturated carbocycles. The lowest BCUT2D eigenvalue weighted by molar-refractivity contribution is 0.112. The van der Waals surface area contributed by atoms with Gasteiger partial charge in [-0.2, -0.15) is 0 Å². The maximum absolute atomic E-state index is 10.9. The summed E-state index contributed by atoms with van der Waals surface area (Å²) < 4.78 is 0. The number of hydrogen-bond donors (Lipinski definition) is 1. The van der Waals surface area contributed by atoms with Crippen LogP contribution in [0.3, 0.4) is 0 Å². The van der Waals surface area contributed by atoms with Gasteiger partial charge >= 0.3 is 0 Å². The molecule has 2 nitrogen and oxygen atoms in total. The van der Waals surface area contributed by atoms with Crippen molar-refractivity contribution in [3.8, 4) is 5.75 Å². The highest BCUT2D eigenvalue weighted by Crippen LogP contribution is 2.36. The van der Waals surface area contributed by atoms with Crippen molar-refractivity contribution in [2.75, 3.05) is 0 Å². The summed E-state index contributed by atoms with van der Waals surface area (Å²) >= 11 is 0. The van der Waals surface area contributed by atoms with Crippen LogP contribution in [0.1, 0.15) is 35.3 Å². The van der Waals surface area contributed by atoms with Crippen LogP contribution in [0, 0.1) is 0 Å². The molecule has 0 aliphatic rings. The van der Waals surface area contributed by atoms with E-state index in [9.17, 15) is 9.90 Å². The first-order valence-electron chi connectivity index (χ1n) is 5.90. The minimum absolute atomic E-state index is 0.217. The van der Waals surface area contributed by atoms with Crippen molar-refractivity contribution in [1.29, 1.82) is 0 Å². The Morgan fingerprint density at radius 2 is 1.72 bits per heavy atom. The number of aromatic hydroxyl groups is 1. The van der Waals surface area contributed by atoms with Crippen molar-refractivity contribution < 1.29 is 9.90 Å². The number of benzene rings is 2. The maximum Gasteiger partial charge on any atom is 0.150 e. The van der Waals surface area contributed by atoms with Crippen molar-refractivity contribution in [1.82, 2.24) is 0 Å². The molecule has 2 aromatic carbocycles. The topological polar surface area (TPSA) is 37.3 Å². The lowest BCUT2D eigenvalue weighted by Gasteiger charge is -2.27. The molecule has 2 rings (SSSR count). The second kappa shape index (κ2) is 4.65. The van der Waals surface area contributed by atoms with E-state index in [2.05, 4.69) is 0 Å². The highest BCUT2D eigenvalue weighted by Gasteiger charge is 2.26. The average molecular weight is 240 g/mol. The first-order valence-corrected chi connectivity index (χ1v) is 5.90. The number of aldehydes is 1. The number of carbonyl (C=O) groups excluding carboxylic acids is 1. The summed E-state index contributed by atoms with van der Waals surface area (Å²) in [6, 6.07) is 14.9. The number of carbonyl (C=O) groups is 1. The fourth-order valence-corrected chi connectivity index (χ4v) is 2.14. The second-order valence-electron chi connectivity index (χ2n) is 4.89. The Kier molecular flexibility index (Phi) is 3.19. The SMILES string of the molecule is CC(C)(c1ccccc1)c1cc(C=O)ccc1O. The summed E-state index contributed by atoms with van der Waals surface area (Å²) in [7, 11) is 0. The third kappa shape index (κ3) is 2.14. The lowest BCUT2D eigenvalue weighted by Crippen LogP contribution is -2.19. The zero-order valence-electron chi connectivity index (χ0n) is 10.6. The van der Waals surface area contributed by atoms with Gasteiger partial charge in [0.25, 0.3) is 0 Å². The Morgan fingerprint density at radius 1 is 1.06 bits per heavy atom. The predicted molar refractivity (Wildman–Crippen MR) is 72.1 cm³/mol. The molecule has 0 unspecified atom stereocenters. The molecule has 0 radical (unpaired) electrons. The largest absolute Gasteiger partial charge is 0.508 e. The first kappa shape index (κ1) is 12.4. The standard InChI is InChI=1S/C16H16O2/c1-16(2,13-6-4-3-5-7-13)14-10-12(11-17)8-9-15(14)18/h3-11,18H,1-2H3. The number of phenolic OH excluding ortho intramolecular Hbond substituents is 1. The van der Waals surface area contributed by atoms with Gasteiger partial charge in [-0.15, -0.1) is 0 Å². The number of rotatable bonds is 3. The zero-order chi connectivity index (χ0) is 13.2. The highest BCUT2D eigenvalue weighted by molar-refractivity contribution is 5.76. The van der Waals surface area contributed by atoms with E-state index in [1.54, 1.807) is 18.2 Å². The highest BCUT2D eigenvalue weighted by atomic mass is 16.3. The molecule has 0 saturated heterocycles. The Morgan fingerprint density at radius 3 is 2.33 bits per heavy atom.